The van der Waals surface area contributed by atoms with Crippen LogP contribution in [0, 0.1) is 23.2 Å². The summed E-state index contributed by atoms with van der Waals surface area (Å²) in [6.07, 6.45) is 4.20. The van der Waals surface area contributed by atoms with E-state index in [1.807, 2.05) is 18.2 Å². The van der Waals surface area contributed by atoms with Crippen LogP contribution in [-0.4, -0.2) is 11.3 Å². The quantitative estimate of drug-likeness (QED) is 0.842. The summed E-state index contributed by atoms with van der Waals surface area (Å²) in [6, 6.07) is 8.20. The van der Waals surface area contributed by atoms with Crippen molar-refractivity contribution in [2.75, 3.05) is 0 Å². The fourth-order valence-corrected chi connectivity index (χ4v) is 2.65. The van der Waals surface area contributed by atoms with E-state index >= 15 is 0 Å². The van der Waals surface area contributed by atoms with Crippen molar-refractivity contribution in [3.05, 3.63) is 29.3 Å². The zero-order chi connectivity index (χ0) is 11.8. The number of nitrogens with zero attached hydrogens (tertiary/aromatic N) is 2. The summed E-state index contributed by atoms with van der Waals surface area (Å²) >= 11 is 0. The van der Waals surface area contributed by atoms with Crippen LogP contribution in [0.2, 0.25) is 0 Å². The predicted octanol–water partition coefficient (Wildman–Crippen LogP) is 2.53. The van der Waals surface area contributed by atoms with Crippen LogP contribution in [0.1, 0.15) is 29.9 Å². The zero-order valence-electron chi connectivity index (χ0n) is 9.50. The molecule has 0 radical (unpaired) electrons. The summed E-state index contributed by atoms with van der Waals surface area (Å²) in [4.78, 5) is 4.35. The van der Waals surface area contributed by atoms with Gasteiger partial charge in [-0.2, -0.15) is 5.26 Å². The molecule has 2 aliphatic rings. The van der Waals surface area contributed by atoms with Crippen LogP contribution in [0.5, 0.6) is 0 Å². The monoisotopic (exact) mass is 226 g/mol. The predicted molar refractivity (Wildman–Crippen MR) is 65.1 cm³/mol. The van der Waals surface area contributed by atoms with Crippen LogP contribution in [0.4, 0.5) is 5.69 Å². The Morgan fingerprint density at radius 1 is 1.41 bits per heavy atom. The van der Waals surface area contributed by atoms with Crippen LogP contribution in [-0.2, 0) is 6.61 Å². The number of rotatable bonds is 2. The van der Waals surface area contributed by atoms with Gasteiger partial charge in [0.15, 0.2) is 0 Å². The second kappa shape index (κ2) is 3.97. The van der Waals surface area contributed by atoms with Crippen molar-refractivity contribution in [2.24, 2.45) is 16.8 Å². The number of fused-ring (bicyclic) bond motifs is 1. The molecule has 0 bridgehead atoms. The minimum atomic E-state index is -0.107. The Morgan fingerprint density at radius 2 is 2.24 bits per heavy atom. The third-order valence-electron chi connectivity index (χ3n) is 3.67. The maximum absolute atomic E-state index is 9.20. The smallest absolute Gasteiger partial charge is 0.0887 e. The van der Waals surface area contributed by atoms with E-state index in [1.165, 1.54) is 12.8 Å². The largest absolute Gasteiger partial charge is 0.392 e. The molecule has 86 valence electrons. The van der Waals surface area contributed by atoms with E-state index < -0.39 is 0 Å². The maximum Gasteiger partial charge on any atom is 0.0887 e. The minimum absolute atomic E-state index is 0.0472. The number of aliphatic hydroxyl groups excluding tert-OH is 1. The first-order valence-electron chi connectivity index (χ1n) is 6.01. The van der Waals surface area contributed by atoms with Crippen molar-refractivity contribution in [1.29, 1.82) is 5.26 Å². The summed E-state index contributed by atoms with van der Waals surface area (Å²) in [5.41, 5.74) is 3.02. The van der Waals surface area contributed by atoms with Gasteiger partial charge < -0.3 is 5.11 Å². The van der Waals surface area contributed by atoms with Gasteiger partial charge in [0, 0.05) is 12.1 Å². The van der Waals surface area contributed by atoms with E-state index in [0.717, 1.165) is 16.8 Å². The van der Waals surface area contributed by atoms with E-state index in [1.54, 1.807) is 6.21 Å². The summed E-state index contributed by atoms with van der Waals surface area (Å²) in [6.45, 7) is 0.0472. The lowest BCUT2D eigenvalue weighted by Crippen LogP contribution is -2.18. The molecule has 1 aliphatic carbocycles. The number of aliphatic imine (C=N–C) groups is 1. The molecule has 3 rings (SSSR count). The molecule has 2 unspecified atom stereocenters. The van der Waals surface area contributed by atoms with Crippen molar-refractivity contribution < 1.29 is 5.11 Å². The van der Waals surface area contributed by atoms with Crippen LogP contribution in [0.15, 0.2) is 23.2 Å². The van der Waals surface area contributed by atoms with Gasteiger partial charge in [-0.25, -0.2) is 0 Å². The van der Waals surface area contributed by atoms with Gasteiger partial charge in [0.2, 0.25) is 0 Å². The van der Waals surface area contributed by atoms with Crippen molar-refractivity contribution in [2.45, 2.75) is 25.4 Å². The molecule has 0 amide bonds. The number of hydrogen-bond donors (Lipinski definition) is 1. The summed E-state index contributed by atoms with van der Waals surface area (Å²) in [7, 11) is 0. The Labute approximate surface area is 100 Å². The Bertz CT molecular complexity index is 511. The van der Waals surface area contributed by atoms with E-state index in [0.29, 0.717) is 5.92 Å². The summed E-state index contributed by atoms with van der Waals surface area (Å²) in [5, 5.41) is 18.4. The molecule has 1 aromatic carbocycles. The normalized spacial score (nSPS) is 26.4. The third-order valence-corrected chi connectivity index (χ3v) is 3.67. The molecule has 1 aromatic rings. The summed E-state index contributed by atoms with van der Waals surface area (Å²) in [5.74, 6) is 0.794. The maximum atomic E-state index is 9.20. The van der Waals surface area contributed by atoms with E-state index in [9.17, 15) is 10.4 Å². The lowest BCUT2D eigenvalue weighted by Gasteiger charge is -2.25. The van der Waals surface area contributed by atoms with Gasteiger partial charge in [0.1, 0.15) is 0 Å². The second-order valence-corrected chi connectivity index (χ2v) is 4.85. The van der Waals surface area contributed by atoms with Gasteiger partial charge in [-0.1, -0.05) is 12.1 Å². The number of aliphatic hydroxyl groups is 1. The van der Waals surface area contributed by atoms with Crippen LogP contribution >= 0.6 is 0 Å². The van der Waals surface area contributed by atoms with Crippen LogP contribution in [0.25, 0.3) is 0 Å². The van der Waals surface area contributed by atoms with Gasteiger partial charge >= 0.3 is 0 Å². The Kier molecular flexibility index (Phi) is 2.45. The lowest BCUT2D eigenvalue weighted by molar-refractivity contribution is 0.281. The van der Waals surface area contributed by atoms with Gasteiger partial charge in [0.25, 0.3) is 0 Å². The highest BCUT2D eigenvalue weighted by atomic mass is 16.3. The first-order valence-corrected chi connectivity index (χ1v) is 6.01. The highest BCUT2D eigenvalue weighted by Crippen LogP contribution is 2.50. The van der Waals surface area contributed by atoms with Crippen molar-refractivity contribution in [3.63, 3.8) is 0 Å². The molecule has 2 atom stereocenters. The van der Waals surface area contributed by atoms with Gasteiger partial charge in [-0.05, 0) is 36.0 Å². The van der Waals surface area contributed by atoms with Gasteiger partial charge in [-0.15, -0.1) is 0 Å². The van der Waals surface area contributed by atoms with Gasteiger partial charge in [0.05, 0.1) is 24.3 Å². The van der Waals surface area contributed by atoms with Crippen molar-refractivity contribution in [1.82, 2.24) is 0 Å². The molecule has 1 heterocycles. The van der Waals surface area contributed by atoms with Crippen LogP contribution in [0.3, 0.4) is 0 Å². The molecule has 0 saturated heterocycles. The van der Waals surface area contributed by atoms with Crippen molar-refractivity contribution >= 4 is 11.9 Å². The average Bonchev–Trinajstić information content (AvgIpc) is 3.20. The number of benzene rings is 1. The molecule has 0 spiro atoms. The molecular formula is C14H14N2O. The molecular weight excluding hydrogens is 212 g/mol. The summed E-state index contributed by atoms with van der Waals surface area (Å²) < 4.78 is 0. The molecule has 3 nitrogen and oxygen atoms in total. The minimum Gasteiger partial charge on any atom is -0.392 e. The Morgan fingerprint density at radius 3 is 2.88 bits per heavy atom. The molecule has 1 saturated carbocycles. The molecule has 3 heteroatoms. The first kappa shape index (κ1) is 10.5. The zero-order valence-corrected chi connectivity index (χ0v) is 9.50. The standard InChI is InChI=1S/C14H14N2O/c15-6-11-7-16-13-4-1-9(8-17)5-12(13)14(11)10-2-3-10/h1,4-5,7,10-11,14,17H,2-3,8H2. The number of nitriles is 1. The van der Waals surface area contributed by atoms with E-state index in [4.69, 9.17) is 0 Å². The van der Waals surface area contributed by atoms with Crippen molar-refractivity contribution in [3.8, 4) is 6.07 Å². The molecule has 1 aliphatic heterocycles. The topological polar surface area (TPSA) is 56.4 Å². The molecule has 0 aromatic heterocycles. The van der Waals surface area contributed by atoms with Gasteiger partial charge in [-0.3, -0.25) is 4.99 Å². The van der Waals surface area contributed by atoms with E-state index in [-0.39, 0.29) is 18.4 Å². The highest BCUT2D eigenvalue weighted by Gasteiger charge is 2.39. The second-order valence-electron chi connectivity index (χ2n) is 4.85. The van der Waals surface area contributed by atoms with Crippen LogP contribution < -0.4 is 0 Å². The molecule has 1 N–H and O–H groups in total. The lowest BCUT2D eigenvalue weighted by atomic mass is 9.80. The molecule has 17 heavy (non-hydrogen) atoms. The fraction of sp³-hybridized carbons (Fsp3) is 0.429. The van der Waals surface area contributed by atoms with E-state index in [2.05, 4.69) is 11.1 Å². The fourth-order valence-electron chi connectivity index (χ4n) is 2.65. The third kappa shape index (κ3) is 1.75. The Balaban J connectivity index is 2.08. The highest BCUT2D eigenvalue weighted by molar-refractivity contribution is 5.75. The molecule has 1 fully saturated rings. The SMILES string of the molecule is N#CC1C=Nc2ccc(CO)cc2C1C1CC1. The first-order chi connectivity index (χ1) is 8.33. The Hall–Kier alpha value is -1.66. The average molecular weight is 226 g/mol. The number of hydrogen-bond acceptors (Lipinski definition) is 3.